The number of amides is 1. The van der Waals surface area contributed by atoms with Crippen LogP contribution in [-0.2, 0) is 11.3 Å². The lowest BCUT2D eigenvalue weighted by molar-refractivity contribution is -0.124. The molecule has 1 amide bonds. The Morgan fingerprint density at radius 2 is 2.35 bits per heavy atom. The Morgan fingerprint density at radius 3 is 2.88 bits per heavy atom. The van der Waals surface area contributed by atoms with Gasteiger partial charge in [0.1, 0.15) is 0 Å². The van der Waals surface area contributed by atoms with E-state index in [9.17, 15) is 4.79 Å². The number of hydrogen-bond acceptors (Lipinski definition) is 3. The molecule has 0 spiro atoms. The molecular weight excluding hydrogens is 236 g/mol. The molecule has 6 heteroatoms. The number of thiocarbonyl (C=S) groups is 1. The third-order valence-corrected chi connectivity index (χ3v) is 3.48. The summed E-state index contributed by atoms with van der Waals surface area (Å²) in [4.78, 5) is 16.1. The number of imidazole rings is 1. The van der Waals surface area contributed by atoms with Gasteiger partial charge in [-0.2, -0.15) is 0 Å². The van der Waals surface area contributed by atoms with Crippen molar-refractivity contribution in [2.75, 3.05) is 6.54 Å². The summed E-state index contributed by atoms with van der Waals surface area (Å²) in [6, 6.07) is 0. The van der Waals surface area contributed by atoms with Crippen molar-refractivity contribution in [1.82, 2.24) is 14.9 Å². The molecule has 5 nitrogen and oxygen atoms in total. The number of hydrogen-bond donors (Lipinski definition) is 2. The van der Waals surface area contributed by atoms with Crippen LogP contribution in [0.4, 0.5) is 0 Å². The van der Waals surface area contributed by atoms with Crippen LogP contribution in [0.2, 0.25) is 0 Å². The number of aryl methyl sites for hydroxylation is 1. The van der Waals surface area contributed by atoms with Crippen molar-refractivity contribution >= 4 is 23.1 Å². The molecule has 1 aliphatic carbocycles. The van der Waals surface area contributed by atoms with Gasteiger partial charge in [0, 0.05) is 25.5 Å². The van der Waals surface area contributed by atoms with E-state index in [1.54, 1.807) is 12.5 Å². The predicted molar refractivity (Wildman–Crippen MR) is 68.3 cm³/mol. The Hall–Kier alpha value is -1.43. The number of nitrogens with one attached hydrogen (secondary N) is 1. The summed E-state index contributed by atoms with van der Waals surface area (Å²) in [5, 5.41) is 2.89. The first-order chi connectivity index (χ1) is 8.15. The first-order valence-corrected chi connectivity index (χ1v) is 6.10. The highest BCUT2D eigenvalue weighted by Gasteiger charge is 2.52. The van der Waals surface area contributed by atoms with Crippen LogP contribution in [0.25, 0.3) is 0 Å². The van der Waals surface area contributed by atoms with Crippen LogP contribution in [0.15, 0.2) is 18.7 Å². The standard InChI is InChI=1S/C11H16N4OS/c12-9(17)11(2-3-11)10(16)14-4-1-6-15-7-5-13-8-15/h5,7-8H,1-4,6H2,(H2,12,17)(H,14,16). The van der Waals surface area contributed by atoms with Gasteiger partial charge >= 0.3 is 0 Å². The van der Waals surface area contributed by atoms with Crippen molar-refractivity contribution in [2.24, 2.45) is 11.1 Å². The van der Waals surface area contributed by atoms with Crippen LogP contribution in [0.1, 0.15) is 19.3 Å². The number of carbonyl (C=O) groups excluding carboxylic acids is 1. The summed E-state index contributed by atoms with van der Waals surface area (Å²) in [6.45, 7) is 1.49. The van der Waals surface area contributed by atoms with Gasteiger partial charge in [-0.1, -0.05) is 12.2 Å². The van der Waals surface area contributed by atoms with Crippen molar-refractivity contribution in [3.8, 4) is 0 Å². The average molecular weight is 252 g/mol. The highest BCUT2D eigenvalue weighted by Crippen LogP contribution is 2.46. The summed E-state index contributed by atoms with van der Waals surface area (Å²) in [5.41, 5.74) is 5.04. The normalized spacial score (nSPS) is 16.5. The fourth-order valence-electron chi connectivity index (χ4n) is 1.76. The van der Waals surface area contributed by atoms with Crippen molar-refractivity contribution in [2.45, 2.75) is 25.8 Å². The van der Waals surface area contributed by atoms with E-state index in [0.29, 0.717) is 11.5 Å². The Bertz CT molecular complexity index is 411. The van der Waals surface area contributed by atoms with Gasteiger partial charge in [0.25, 0.3) is 0 Å². The summed E-state index contributed by atoms with van der Waals surface area (Å²) >= 11 is 4.92. The molecule has 0 bridgehead atoms. The van der Waals surface area contributed by atoms with E-state index in [1.165, 1.54) is 0 Å². The zero-order valence-corrected chi connectivity index (χ0v) is 10.4. The van der Waals surface area contributed by atoms with Gasteiger partial charge in [-0.05, 0) is 19.3 Å². The molecule has 1 aromatic rings. The van der Waals surface area contributed by atoms with E-state index in [0.717, 1.165) is 25.8 Å². The molecule has 0 aromatic carbocycles. The van der Waals surface area contributed by atoms with Gasteiger partial charge in [-0.3, -0.25) is 4.79 Å². The molecule has 0 radical (unpaired) electrons. The molecule has 1 aliphatic rings. The van der Waals surface area contributed by atoms with Crippen LogP contribution in [-0.4, -0.2) is 27.0 Å². The maximum absolute atomic E-state index is 11.8. The monoisotopic (exact) mass is 252 g/mol. The van der Waals surface area contributed by atoms with Crippen LogP contribution in [0.5, 0.6) is 0 Å². The van der Waals surface area contributed by atoms with E-state index < -0.39 is 5.41 Å². The van der Waals surface area contributed by atoms with Crippen LogP contribution < -0.4 is 11.1 Å². The van der Waals surface area contributed by atoms with E-state index >= 15 is 0 Å². The largest absolute Gasteiger partial charge is 0.392 e. The Morgan fingerprint density at radius 1 is 1.59 bits per heavy atom. The van der Waals surface area contributed by atoms with E-state index in [4.69, 9.17) is 18.0 Å². The summed E-state index contributed by atoms with van der Waals surface area (Å²) in [5.74, 6) is -0.0179. The maximum atomic E-state index is 11.8. The van der Waals surface area contributed by atoms with Crippen LogP contribution in [0.3, 0.4) is 0 Å². The zero-order chi connectivity index (χ0) is 12.3. The Labute approximate surface area is 105 Å². The average Bonchev–Trinajstić information content (AvgIpc) is 2.97. The Balaban J connectivity index is 1.69. The second-order valence-corrected chi connectivity index (χ2v) is 4.80. The van der Waals surface area contributed by atoms with Crippen molar-refractivity contribution in [3.63, 3.8) is 0 Å². The molecular formula is C11H16N4OS. The summed E-state index contributed by atoms with van der Waals surface area (Å²) in [6.07, 6.45) is 7.85. The first-order valence-electron chi connectivity index (χ1n) is 5.69. The molecule has 1 aromatic heterocycles. The molecule has 1 fully saturated rings. The second kappa shape index (κ2) is 4.83. The number of nitrogens with zero attached hydrogens (tertiary/aromatic N) is 2. The third-order valence-electron chi connectivity index (χ3n) is 3.09. The third kappa shape index (κ3) is 2.63. The first kappa shape index (κ1) is 12.0. The zero-order valence-electron chi connectivity index (χ0n) is 9.56. The topological polar surface area (TPSA) is 72.9 Å². The van der Waals surface area contributed by atoms with Gasteiger partial charge in [-0.25, -0.2) is 4.98 Å². The minimum atomic E-state index is -0.537. The molecule has 0 saturated heterocycles. The number of aromatic nitrogens is 2. The van der Waals surface area contributed by atoms with E-state index in [1.807, 2.05) is 10.8 Å². The van der Waals surface area contributed by atoms with Gasteiger partial charge in [0.2, 0.25) is 5.91 Å². The highest BCUT2D eigenvalue weighted by molar-refractivity contribution is 7.80. The minimum absolute atomic E-state index is 0.0179. The quantitative estimate of drug-likeness (QED) is 0.570. The fraction of sp³-hybridized carbons (Fsp3) is 0.545. The van der Waals surface area contributed by atoms with Gasteiger partial charge in [0.15, 0.2) is 0 Å². The van der Waals surface area contributed by atoms with Gasteiger partial charge < -0.3 is 15.6 Å². The fourth-order valence-corrected chi connectivity index (χ4v) is 2.06. The van der Waals surface area contributed by atoms with Crippen molar-refractivity contribution in [3.05, 3.63) is 18.7 Å². The number of nitrogens with two attached hydrogens (primary N) is 1. The molecule has 0 aliphatic heterocycles. The lowest BCUT2D eigenvalue weighted by atomic mass is 10.1. The molecule has 3 N–H and O–H groups in total. The summed E-state index contributed by atoms with van der Waals surface area (Å²) in [7, 11) is 0. The van der Waals surface area contributed by atoms with Crippen LogP contribution >= 0.6 is 12.2 Å². The van der Waals surface area contributed by atoms with Crippen LogP contribution in [0, 0.1) is 5.41 Å². The molecule has 17 heavy (non-hydrogen) atoms. The van der Waals surface area contributed by atoms with E-state index in [2.05, 4.69) is 10.3 Å². The maximum Gasteiger partial charge on any atom is 0.233 e. The molecule has 2 rings (SSSR count). The number of rotatable bonds is 6. The highest BCUT2D eigenvalue weighted by atomic mass is 32.1. The lowest BCUT2D eigenvalue weighted by Gasteiger charge is -2.13. The van der Waals surface area contributed by atoms with Gasteiger partial charge in [-0.15, -0.1) is 0 Å². The van der Waals surface area contributed by atoms with Crippen molar-refractivity contribution in [1.29, 1.82) is 0 Å². The molecule has 0 unspecified atom stereocenters. The Kier molecular flexibility index (Phi) is 3.42. The smallest absolute Gasteiger partial charge is 0.233 e. The summed E-state index contributed by atoms with van der Waals surface area (Å²) < 4.78 is 1.98. The molecule has 1 saturated carbocycles. The lowest BCUT2D eigenvalue weighted by Crippen LogP contribution is -2.40. The second-order valence-electron chi connectivity index (χ2n) is 4.36. The van der Waals surface area contributed by atoms with Gasteiger partial charge in [0.05, 0.1) is 16.7 Å². The predicted octanol–water partition coefficient (Wildman–Crippen LogP) is 0.456. The molecule has 0 atom stereocenters. The van der Waals surface area contributed by atoms with Crippen molar-refractivity contribution < 1.29 is 4.79 Å². The number of carbonyl (C=O) groups is 1. The minimum Gasteiger partial charge on any atom is -0.392 e. The molecule has 92 valence electrons. The molecule has 1 heterocycles. The SMILES string of the molecule is NC(=S)C1(C(=O)NCCCn2ccnc2)CC1. The van der Waals surface area contributed by atoms with E-state index in [-0.39, 0.29) is 5.91 Å².